The topological polar surface area (TPSA) is 72.4 Å². The van der Waals surface area contributed by atoms with E-state index in [0.29, 0.717) is 16.9 Å². The van der Waals surface area contributed by atoms with Crippen molar-refractivity contribution >= 4 is 33.0 Å². The van der Waals surface area contributed by atoms with Gasteiger partial charge in [-0.25, -0.2) is 18.4 Å². The van der Waals surface area contributed by atoms with Gasteiger partial charge >= 0.3 is 6.01 Å². The number of piperidine rings is 1. The highest BCUT2D eigenvalue weighted by atomic mass is 35.5. The third-order valence-corrected chi connectivity index (χ3v) is 7.28. The van der Waals surface area contributed by atoms with E-state index in [4.69, 9.17) is 16.3 Å². The van der Waals surface area contributed by atoms with Crippen molar-refractivity contribution < 1.29 is 13.2 Å². The number of ether oxygens (including phenoxy) is 1. The number of hydrogen-bond acceptors (Lipinski definition) is 6. The number of hydrogen-bond donors (Lipinski definition) is 0. The minimum atomic E-state index is -3.54. The average molecular weight is 388 g/mol. The summed E-state index contributed by atoms with van der Waals surface area (Å²) < 4.78 is 33.4. The van der Waals surface area contributed by atoms with Gasteiger partial charge in [0.25, 0.3) is 10.0 Å². The predicted molar refractivity (Wildman–Crippen MR) is 93.2 cm³/mol. The SMILES string of the molecule is Cc1cc(C)nc(O[C@@H]2CCCN(S(=O)(=O)c3ccc(Cl)s3)C2)n1. The minimum Gasteiger partial charge on any atom is -0.459 e. The van der Waals surface area contributed by atoms with E-state index >= 15 is 0 Å². The van der Waals surface area contributed by atoms with Gasteiger partial charge in [-0.15, -0.1) is 11.3 Å². The predicted octanol–water partition coefficient (Wildman–Crippen LogP) is 3.04. The molecular weight excluding hydrogens is 370 g/mol. The Morgan fingerprint density at radius 3 is 2.62 bits per heavy atom. The Kier molecular flexibility index (Phi) is 5.10. The van der Waals surface area contributed by atoms with Crippen molar-refractivity contribution in [1.29, 1.82) is 0 Å². The number of aryl methyl sites for hydroxylation is 2. The van der Waals surface area contributed by atoms with Crippen LogP contribution in [0.25, 0.3) is 0 Å². The van der Waals surface area contributed by atoms with Gasteiger partial charge in [0.15, 0.2) is 0 Å². The first-order chi connectivity index (χ1) is 11.3. The summed E-state index contributed by atoms with van der Waals surface area (Å²) in [4.78, 5) is 8.52. The molecule has 130 valence electrons. The lowest BCUT2D eigenvalue weighted by Gasteiger charge is -2.31. The normalized spacial score (nSPS) is 19.4. The first-order valence-corrected chi connectivity index (χ1v) is 10.2. The van der Waals surface area contributed by atoms with Crippen LogP contribution in [0.5, 0.6) is 6.01 Å². The van der Waals surface area contributed by atoms with Crippen LogP contribution in [-0.4, -0.2) is 41.9 Å². The molecule has 0 spiro atoms. The number of aromatic nitrogens is 2. The summed E-state index contributed by atoms with van der Waals surface area (Å²) in [6, 6.07) is 5.31. The van der Waals surface area contributed by atoms with Crippen LogP contribution in [0.2, 0.25) is 4.34 Å². The Morgan fingerprint density at radius 1 is 1.29 bits per heavy atom. The maximum absolute atomic E-state index is 12.7. The molecule has 0 aromatic carbocycles. The zero-order valence-electron chi connectivity index (χ0n) is 13.4. The van der Waals surface area contributed by atoms with Crippen molar-refractivity contribution in [3.05, 3.63) is 33.9 Å². The molecule has 2 aromatic heterocycles. The van der Waals surface area contributed by atoms with Crippen molar-refractivity contribution in [3.8, 4) is 6.01 Å². The van der Waals surface area contributed by atoms with E-state index in [-0.39, 0.29) is 16.9 Å². The maximum Gasteiger partial charge on any atom is 0.317 e. The molecule has 0 amide bonds. The third-order valence-electron chi connectivity index (χ3n) is 3.72. The van der Waals surface area contributed by atoms with Crippen molar-refractivity contribution in [3.63, 3.8) is 0 Å². The quantitative estimate of drug-likeness (QED) is 0.806. The van der Waals surface area contributed by atoms with Gasteiger partial charge in [-0.3, -0.25) is 0 Å². The fourth-order valence-corrected chi connectivity index (χ4v) is 5.83. The summed E-state index contributed by atoms with van der Waals surface area (Å²) >= 11 is 6.93. The number of thiophene rings is 1. The highest BCUT2D eigenvalue weighted by Gasteiger charge is 2.32. The third kappa shape index (κ3) is 3.88. The molecule has 0 N–H and O–H groups in total. The Morgan fingerprint density at radius 2 is 2.00 bits per heavy atom. The van der Waals surface area contributed by atoms with Crippen molar-refractivity contribution in [1.82, 2.24) is 14.3 Å². The largest absolute Gasteiger partial charge is 0.459 e. The number of rotatable bonds is 4. The van der Waals surface area contributed by atoms with Crippen molar-refractivity contribution in [2.24, 2.45) is 0 Å². The summed E-state index contributed by atoms with van der Waals surface area (Å²) in [5.74, 6) is 0. The molecule has 1 aliphatic heterocycles. The van der Waals surface area contributed by atoms with Gasteiger partial charge < -0.3 is 4.74 Å². The van der Waals surface area contributed by atoms with E-state index in [1.54, 1.807) is 12.1 Å². The van der Waals surface area contributed by atoms with Crippen LogP contribution < -0.4 is 4.74 Å². The van der Waals surface area contributed by atoms with Gasteiger partial charge in [-0.05, 0) is 44.9 Å². The summed E-state index contributed by atoms with van der Waals surface area (Å²) in [6.07, 6.45) is 1.24. The lowest BCUT2D eigenvalue weighted by molar-refractivity contribution is 0.119. The second-order valence-corrected chi connectivity index (χ2v) is 9.62. The molecule has 0 bridgehead atoms. The molecule has 3 heterocycles. The minimum absolute atomic E-state index is 0.259. The first-order valence-electron chi connectivity index (χ1n) is 7.59. The number of halogens is 1. The van der Waals surface area contributed by atoms with Crippen LogP contribution in [0, 0.1) is 13.8 Å². The van der Waals surface area contributed by atoms with Crippen LogP contribution in [0.1, 0.15) is 24.2 Å². The number of sulfonamides is 1. The zero-order chi connectivity index (χ0) is 17.3. The van der Waals surface area contributed by atoms with Gasteiger partial charge in [0.05, 0.1) is 10.9 Å². The van der Waals surface area contributed by atoms with E-state index in [9.17, 15) is 8.42 Å². The molecule has 1 aliphatic rings. The molecule has 2 aromatic rings. The van der Waals surface area contributed by atoms with Crippen molar-refractivity contribution in [2.75, 3.05) is 13.1 Å². The van der Waals surface area contributed by atoms with E-state index in [1.165, 1.54) is 4.31 Å². The Balaban J connectivity index is 1.74. The fraction of sp³-hybridized carbons (Fsp3) is 0.467. The van der Waals surface area contributed by atoms with E-state index in [0.717, 1.165) is 35.6 Å². The standard InChI is InChI=1S/C15H18ClN3O3S2/c1-10-8-11(2)18-15(17-10)22-12-4-3-7-19(9-12)24(20,21)14-6-5-13(16)23-14/h5-6,8,12H,3-4,7,9H2,1-2H3/t12-/m1/s1. The molecule has 1 fully saturated rings. The van der Waals surface area contributed by atoms with Gasteiger partial charge in [0.1, 0.15) is 10.3 Å². The van der Waals surface area contributed by atoms with Crippen LogP contribution in [-0.2, 0) is 10.0 Å². The van der Waals surface area contributed by atoms with Gasteiger partial charge in [-0.2, -0.15) is 4.31 Å². The first kappa shape index (κ1) is 17.6. The molecule has 6 nitrogen and oxygen atoms in total. The Hall–Kier alpha value is -1.22. The van der Waals surface area contributed by atoms with Crippen LogP contribution in [0.15, 0.2) is 22.4 Å². The maximum atomic E-state index is 12.7. The van der Waals surface area contributed by atoms with Crippen LogP contribution in [0.3, 0.4) is 0 Å². The van der Waals surface area contributed by atoms with Gasteiger partial charge in [0, 0.05) is 17.9 Å². The monoisotopic (exact) mass is 387 g/mol. The molecule has 0 unspecified atom stereocenters. The second kappa shape index (κ2) is 6.95. The van der Waals surface area contributed by atoms with Crippen molar-refractivity contribution in [2.45, 2.75) is 37.0 Å². The smallest absolute Gasteiger partial charge is 0.317 e. The second-order valence-electron chi connectivity index (χ2n) is 5.74. The van der Waals surface area contributed by atoms with Gasteiger partial charge in [0.2, 0.25) is 0 Å². The molecule has 3 rings (SSSR count). The van der Waals surface area contributed by atoms with E-state index in [2.05, 4.69) is 9.97 Å². The lowest BCUT2D eigenvalue weighted by Crippen LogP contribution is -2.44. The molecular formula is C15H18ClN3O3S2. The van der Waals surface area contributed by atoms with E-state index < -0.39 is 10.0 Å². The average Bonchev–Trinajstić information content (AvgIpc) is 2.94. The highest BCUT2D eigenvalue weighted by molar-refractivity contribution is 7.91. The summed E-state index contributed by atoms with van der Waals surface area (Å²) in [7, 11) is -3.54. The Labute approximate surface area is 150 Å². The summed E-state index contributed by atoms with van der Waals surface area (Å²) in [5, 5.41) is 0. The van der Waals surface area contributed by atoms with Crippen LogP contribution >= 0.6 is 22.9 Å². The molecule has 0 radical (unpaired) electrons. The zero-order valence-corrected chi connectivity index (χ0v) is 15.8. The summed E-state index contributed by atoms with van der Waals surface area (Å²) in [5.41, 5.74) is 1.65. The molecule has 0 saturated carbocycles. The number of nitrogens with zero attached hydrogens (tertiary/aromatic N) is 3. The molecule has 1 saturated heterocycles. The van der Waals surface area contributed by atoms with Crippen LogP contribution in [0.4, 0.5) is 0 Å². The molecule has 1 atom stereocenters. The molecule has 9 heteroatoms. The molecule has 0 aliphatic carbocycles. The Bertz CT molecular complexity index is 818. The van der Waals surface area contributed by atoms with E-state index in [1.807, 2.05) is 19.9 Å². The fourth-order valence-electron chi connectivity index (χ4n) is 2.68. The summed E-state index contributed by atoms with van der Waals surface area (Å²) in [6.45, 7) is 4.51. The lowest BCUT2D eigenvalue weighted by atomic mass is 10.1. The highest BCUT2D eigenvalue weighted by Crippen LogP contribution is 2.30. The van der Waals surface area contributed by atoms with Gasteiger partial charge in [-0.1, -0.05) is 11.6 Å². The molecule has 24 heavy (non-hydrogen) atoms.